The van der Waals surface area contributed by atoms with E-state index in [4.69, 9.17) is 15.3 Å². The van der Waals surface area contributed by atoms with Crippen molar-refractivity contribution in [2.24, 2.45) is 5.84 Å². The summed E-state index contributed by atoms with van der Waals surface area (Å²) in [5.74, 6) is 5.80. The number of nitrogens with zero attached hydrogens (tertiary/aromatic N) is 1. The van der Waals surface area contributed by atoms with Crippen LogP contribution in [0.4, 0.5) is 0 Å². The Kier molecular flexibility index (Phi) is 5.61. The number of nitrogens with two attached hydrogens (primary N) is 1. The lowest BCUT2D eigenvalue weighted by molar-refractivity contribution is -0.135. The lowest BCUT2D eigenvalue weighted by Gasteiger charge is -2.12. The van der Waals surface area contributed by atoms with E-state index < -0.39 is 0 Å². The van der Waals surface area contributed by atoms with Gasteiger partial charge in [0, 0.05) is 12.6 Å². The molecule has 5 heteroatoms. The molecule has 100 valence electrons. The maximum Gasteiger partial charge on any atom is 0.262 e. The zero-order valence-corrected chi connectivity index (χ0v) is 11.1. The van der Waals surface area contributed by atoms with Gasteiger partial charge in [-0.05, 0) is 24.1 Å². The molecule has 0 spiro atoms. The molecular formula is C13H20N2O3. The Morgan fingerprint density at radius 3 is 2.72 bits per heavy atom. The van der Waals surface area contributed by atoms with Crippen molar-refractivity contribution >= 4 is 5.91 Å². The number of hydrazine groups is 1. The third kappa shape index (κ3) is 4.01. The normalized spacial score (nSPS) is 10.2. The Labute approximate surface area is 107 Å². The second-order valence-corrected chi connectivity index (χ2v) is 4.00. The third-order valence-electron chi connectivity index (χ3n) is 2.63. The van der Waals surface area contributed by atoms with E-state index in [9.17, 15) is 4.79 Å². The van der Waals surface area contributed by atoms with Crippen molar-refractivity contribution in [3.8, 4) is 5.75 Å². The largest absolute Gasteiger partial charge is 0.496 e. The Morgan fingerprint density at radius 1 is 1.44 bits per heavy atom. The second-order valence-electron chi connectivity index (χ2n) is 4.00. The number of amides is 1. The van der Waals surface area contributed by atoms with Gasteiger partial charge in [-0.25, -0.2) is 5.84 Å². The minimum atomic E-state index is -0.263. The van der Waals surface area contributed by atoms with Crippen LogP contribution in [0.5, 0.6) is 5.75 Å². The van der Waals surface area contributed by atoms with Crippen LogP contribution in [0, 0.1) is 0 Å². The van der Waals surface area contributed by atoms with E-state index >= 15 is 0 Å². The second kappa shape index (κ2) is 6.98. The molecule has 0 radical (unpaired) electrons. The van der Waals surface area contributed by atoms with E-state index in [-0.39, 0.29) is 12.5 Å². The summed E-state index contributed by atoms with van der Waals surface area (Å²) in [7, 11) is 3.10. The molecule has 0 aliphatic heterocycles. The summed E-state index contributed by atoms with van der Waals surface area (Å²) in [6.45, 7) is 2.38. The van der Waals surface area contributed by atoms with Gasteiger partial charge in [-0.3, -0.25) is 9.80 Å². The number of methoxy groups -OCH3 is 1. The van der Waals surface area contributed by atoms with Crippen molar-refractivity contribution in [2.75, 3.05) is 20.8 Å². The van der Waals surface area contributed by atoms with Gasteiger partial charge in [0.05, 0.1) is 13.7 Å². The van der Waals surface area contributed by atoms with Crippen molar-refractivity contribution < 1.29 is 14.3 Å². The lowest BCUT2D eigenvalue weighted by atomic mass is 10.1. The number of likely N-dealkylation sites (N-methyl/N-ethyl adjacent to an activating group) is 1. The first kappa shape index (κ1) is 14.5. The van der Waals surface area contributed by atoms with Crippen LogP contribution in [0.25, 0.3) is 0 Å². The molecule has 0 aromatic heterocycles. The van der Waals surface area contributed by atoms with Crippen molar-refractivity contribution in [3.63, 3.8) is 0 Å². The Bertz CT molecular complexity index is 405. The molecule has 0 bridgehead atoms. The molecular weight excluding hydrogens is 232 g/mol. The number of ether oxygens (including phenoxy) is 2. The summed E-state index contributed by atoms with van der Waals surface area (Å²) < 4.78 is 10.6. The van der Waals surface area contributed by atoms with Crippen molar-refractivity contribution in [1.29, 1.82) is 0 Å². The molecule has 5 nitrogen and oxygen atoms in total. The van der Waals surface area contributed by atoms with Gasteiger partial charge in [-0.1, -0.05) is 13.0 Å². The first-order valence-electron chi connectivity index (χ1n) is 5.83. The van der Waals surface area contributed by atoms with Crippen molar-refractivity contribution in [3.05, 3.63) is 29.3 Å². The zero-order valence-electron chi connectivity index (χ0n) is 11.1. The lowest BCUT2D eigenvalue weighted by Crippen LogP contribution is -2.35. The fourth-order valence-electron chi connectivity index (χ4n) is 1.51. The zero-order chi connectivity index (χ0) is 13.5. The molecule has 0 fully saturated rings. The number of aryl methyl sites for hydroxylation is 1. The minimum absolute atomic E-state index is 0.0352. The van der Waals surface area contributed by atoms with Gasteiger partial charge >= 0.3 is 0 Å². The predicted octanol–water partition coefficient (Wildman–Crippen LogP) is 1.11. The third-order valence-corrected chi connectivity index (χ3v) is 2.63. The van der Waals surface area contributed by atoms with Gasteiger partial charge < -0.3 is 9.47 Å². The molecule has 0 saturated heterocycles. The topological polar surface area (TPSA) is 64.8 Å². The molecule has 1 aromatic carbocycles. The highest BCUT2D eigenvalue weighted by Gasteiger charge is 2.07. The number of benzene rings is 1. The molecule has 0 aliphatic carbocycles. The number of carbonyl (C=O) groups is 1. The standard InChI is InChI=1S/C13H20N2O3/c1-4-10-5-6-12(17-3)11(7-10)8-18-9-13(16)15(2)14/h5-7H,4,8-9,14H2,1-3H3. The van der Waals surface area contributed by atoms with Crippen LogP contribution in [0.3, 0.4) is 0 Å². The summed E-state index contributed by atoms with van der Waals surface area (Å²) in [4.78, 5) is 11.3. The van der Waals surface area contributed by atoms with Crippen LogP contribution >= 0.6 is 0 Å². The van der Waals surface area contributed by atoms with E-state index in [1.54, 1.807) is 7.11 Å². The first-order valence-corrected chi connectivity index (χ1v) is 5.83. The van der Waals surface area contributed by atoms with Crippen molar-refractivity contribution in [2.45, 2.75) is 20.0 Å². The summed E-state index contributed by atoms with van der Waals surface area (Å²) in [6, 6.07) is 5.95. The fourth-order valence-corrected chi connectivity index (χ4v) is 1.51. The quantitative estimate of drug-likeness (QED) is 0.468. The molecule has 18 heavy (non-hydrogen) atoms. The molecule has 1 aromatic rings. The van der Waals surface area contributed by atoms with Gasteiger partial charge in [0.1, 0.15) is 12.4 Å². The van der Waals surface area contributed by atoms with Crippen molar-refractivity contribution in [1.82, 2.24) is 5.01 Å². The van der Waals surface area contributed by atoms with E-state index in [0.717, 1.165) is 22.7 Å². The Morgan fingerprint density at radius 2 is 2.17 bits per heavy atom. The fraction of sp³-hybridized carbons (Fsp3) is 0.462. The molecule has 0 unspecified atom stereocenters. The maximum absolute atomic E-state index is 11.3. The number of hydrogen-bond donors (Lipinski definition) is 1. The molecule has 1 amide bonds. The van der Waals surface area contributed by atoms with Gasteiger partial charge in [0.25, 0.3) is 5.91 Å². The predicted molar refractivity (Wildman–Crippen MR) is 69.0 cm³/mol. The number of rotatable bonds is 6. The van der Waals surface area contributed by atoms with E-state index in [2.05, 4.69) is 6.92 Å². The van der Waals surface area contributed by atoms with Crippen LogP contribution < -0.4 is 10.6 Å². The highest BCUT2D eigenvalue weighted by molar-refractivity contribution is 5.76. The molecule has 0 aliphatic rings. The van der Waals surface area contributed by atoms with Crippen LogP contribution in [0.15, 0.2) is 18.2 Å². The Balaban J connectivity index is 2.62. The van der Waals surface area contributed by atoms with E-state index in [1.165, 1.54) is 12.6 Å². The van der Waals surface area contributed by atoms with Crippen LogP contribution in [0.1, 0.15) is 18.1 Å². The monoisotopic (exact) mass is 252 g/mol. The molecule has 0 saturated carbocycles. The summed E-state index contributed by atoms with van der Waals surface area (Å²) in [5.41, 5.74) is 2.14. The summed E-state index contributed by atoms with van der Waals surface area (Å²) in [5, 5.41) is 1.01. The van der Waals surface area contributed by atoms with Gasteiger partial charge in [-0.2, -0.15) is 0 Å². The van der Waals surface area contributed by atoms with Crippen LogP contribution in [0.2, 0.25) is 0 Å². The van der Waals surface area contributed by atoms with Crippen LogP contribution in [-0.4, -0.2) is 31.7 Å². The van der Waals surface area contributed by atoms with Crippen LogP contribution in [-0.2, 0) is 22.6 Å². The van der Waals surface area contributed by atoms with Gasteiger partial charge in [0.2, 0.25) is 0 Å². The number of hydrogen-bond acceptors (Lipinski definition) is 4. The van der Waals surface area contributed by atoms with Gasteiger partial charge in [0.15, 0.2) is 0 Å². The average molecular weight is 252 g/mol. The first-order chi connectivity index (χ1) is 8.58. The summed E-state index contributed by atoms with van der Waals surface area (Å²) in [6.07, 6.45) is 0.946. The van der Waals surface area contributed by atoms with Gasteiger partial charge in [-0.15, -0.1) is 0 Å². The minimum Gasteiger partial charge on any atom is -0.496 e. The average Bonchev–Trinajstić information content (AvgIpc) is 2.38. The van der Waals surface area contributed by atoms with E-state index in [1.807, 2.05) is 18.2 Å². The number of carbonyl (C=O) groups excluding carboxylic acids is 1. The SMILES string of the molecule is CCc1ccc(OC)c(COCC(=O)N(C)N)c1. The maximum atomic E-state index is 11.3. The highest BCUT2D eigenvalue weighted by atomic mass is 16.5. The highest BCUT2D eigenvalue weighted by Crippen LogP contribution is 2.21. The molecule has 0 heterocycles. The van der Waals surface area contributed by atoms with E-state index in [0.29, 0.717) is 6.61 Å². The molecule has 0 atom stereocenters. The smallest absolute Gasteiger partial charge is 0.262 e. The summed E-state index contributed by atoms with van der Waals surface area (Å²) >= 11 is 0. The molecule has 1 rings (SSSR count). The Hall–Kier alpha value is -1.59. The molecule has 2 N–H and O–H groups in total.